The van der Waals surface area contributed by atoms with Crippen molar-refractivity contribution in [3.63, 3.8) is 0 Å². The van der Waals surface area contributed by atoms with Crippen molar-refractivity contribution in [1.82, 2.24) is 15.0 Å². The first kappa shape index (κ1) is 13.9. The van der Waals surface area contributed by atoms with Crippen LogP contribution in [-0.2, 0) is 19.4 Å². The molecular formula is C16H22N4O. The van der Waals surface area contributed by atoms with Crippen LogP contribution in [0.15, 0.2) is 18.2 Å². The SMILES string of the molecule is Cc1cc(OCCn2nnc3c2CCC(C)C3)ccc1N. The molecule has 3 rings (SSSR count). The normalized spacial score (nSPS) is 17.5. The molecule has 5 heteroatoms. The molecule has 112 valence electrons. The van der Waals surface area contributed by atoms with Gasteiger partial charge in [-0.15, -0.1) is 5.10 Å². The van der Waals surface area contributed by atoms with Gasteiger partial charge in [0, 0.05) is 5.69 Å². The van der Waals surface area contributed by atoms with Crippen LogP contribution in [0.2, 0.25) is 0 Å². The maximum atomic E-state index is 5.80. The summed E-state index contributed by atoms with van der Waals surface area (Å²) >= 11 is 0. The van der Waals surface area contributed by atoms with E-state index in [4.69, 9.17) is 10.5 Å². The molecule has 0 aliphatic heterocycles. The minimum atomic E-state index is 0.592. The standard InChI is InChI=1S/C16H22N4O/c1-11-3-6-16-15(9-11)18-19-20(16)7-8-21-13-4-5-14(17)12(2)10-13/h4-5,10-11H,3,6-9,17H2,1-2H3. The summed E-state index contributed by atoms with van der Waals surface area (Å²) in [7, 11) is 0. The van der Waals surface area contributed by atoms with Gasteiger partial charge in [0.25, 0.3) is 0 Å². The number of ether oxygens (including phenoxy) is 1. The van der Waals surface area contributed by atoms with E-state index in [1.807, 2.05) is 29.8 Å². The van der Waals surface area contributed by atoms with Gasteiger partial charge in [0.1, 0.15) is 12.4 Å². The minimum absolute atomic E-state index is 0.592. The first-order valence-corrected chi connectivity index (χ1v) is 7.53. The highest BCUT2D eigenvalue weighted by atomic mass is 16.5. The van der Waals surface area contributed by atoms with Gasteiger partial charge in [-0.3, -0.25) is 0 Å². The van der Waals surface area contributed by atoms with Crippen molar-refractivity contribution >= 4 is 5.69 Å². The molecule has 1 aliphatic carbocycles. The molecule has 0 fully saturated rings. The fraction of sp³-hybridized carbons (Fsp3) is 0.500. The number of anilines is 1. The summed E-state index contributed by atoms with van der Waals surface area (Å²) in [6.45, 7) is 5.58. The Morgan fingerprint density at radius 2 is 2.29 bits per heavy atom. The molecule has 1 heterocycles. The second kappa shape index (κ2) is 5.76. The van der Waals surface area contributed by atoms with Crippen molar-refractivity contribution in [1.29, 1.82) is 0 Å². The Morgan fingerprint density at radius 1 is 1.43 bits per heavy atom. The van der Waals surface area contributed by atoms with E-state index in [1.165, 1.54) is 12.1 Å². The predicted molar refractivity (Wildman–Crippen MR) is 82.3 cm³/mol. The third kappa shape index (κ3) is 3.01. The molecule has 21 heavy (non-hydrogen) atoms. The highest BCUT2D eigenvalue weighted by Gasteiger charge is 2.20. The Hall–Kier alpha value is -2.04. The van der Waals surface area contributed by atoms with Crippen molar-refractivity contribution in [2.24, 2.45) is 5.92 Å². The van der Waals surface area contributed by atoms with Crippen LogP contribution in [0.4, 0.5) is 5.69 Å². The highest BCUT2D eigenvalue weighted by molar-refractivity contribution is 5.49. The summed E-state index contributed by atoms with van der Waals surface area (Å²) in [4.78, 5) is 0. The van der Waals surface area contributed by atoms with E-state index in [9.17, 15) is 0 Å². The molecule has 1 atom stereocenters. The minimum Gasteiger partial charge on any atom is -0.492 e. The lowest BCUT2D eigenvalue weighted by Gasteiger charge is -2.17. The van der Waals surface area contributed by atoms with Gasteiger partial charge in [-0.1, -0.05) is 12.1 Å². The van der Waals surface area contributed by atoms with E-state index in [0.29, 0.717) is 6.61 Å². The zero-order chi connectivity index (χ0) is 14.8. The Labute approximate surface area is 125 Å². The molecule has 1 unspecified atom stereocenters. The lowest BCUT2D eigenvalue weighted by atomic mass is 9.91. The van der Waals surface area contributed by atoms with Crippen LogP contribution in [0.25, 0.3) is 0 Å². The monoisotopic (exact) mass is 286 g/mol. The van der Waals surface area contributed by atoms with Crippen LogP contribution >= 0.6 is 0 Å². The Morgan fingerprint density at radius 3 is 3.10 bits per heavy atom. The van der Waals surface area contributed by atoms with Gasteiger partial charge in [-0.05, 0) is 55.9 Å². The molecule has 1 aliphatic rings. The van der Waals surface area contributed by atoms with Crippen molar-refractivity contribution in [2.75, 3.05) is 12.3 Å². The summed E-state index contributed by atoms with van der Waals surface area (Å²) in [6.07, 6.45) is 3.34. The van der Waals surface area contributed by atoms with E-state index in [1.54, 1.807) is 0 Å². The van der Waals surface area contributed by atoms with Crippen LogP contribution in [0.5, 0.6) is 5.75 Å². The van der Waals surface area contributed by atoms with E-state index in [2.05, 4.69) is 17.2 Å². The van der Waals surface area contributed by atoms with Crippen molar-refractivity contribution in [3.05, 3.63) is 35.2 Å². The number of rotatable bonds is 4. The van der Waals surface area contributed by atoms with Gasteiger partial charge in [-0.25, -0.2) is 4.68 Å². The van der Waals surface area contributed by atoms with Crippen LogP contribution in [-0.4, -0.2) is 21.6 Å². The summed E-state index contributed by atoms with van der Waals surface area (Å²) in [5, 5.41) is 8.56. The first-order valence-electron chi connectivity index (χ1n) is 7.53. The average molecular weight is 286 g/mol. The van der Waals surface area contributed by atoms with Crippen molar-refractivity contribution < 1.29 is 4.74 Å². The Kier molecular flexibility index (Phi) is 3.82. The molecule has 1 aromatic carbocycles. The first-order chi connectivity index (χ1) is 10.1. The number of hydrogen-bond acceptors (Lipinski definition) is 4. The van der Waals surface area contributed by atoms with E-state index in [-0.39, 0.29) is 0 Å². The fourth-order valence-electron chi connectivity index (χ4n) is 2.78. The maximum absolute atomic E-state index is 5.80. The largest absolute Gasteiger partial charge is 0.492 e. The number of fused-ring (bicyclic) bond motifs is 1. The third-order valence-corrected chi connectivity index (χ3v) is 4.15. The van der Waals surface area contributed by atoms with E-state index < -0.39 is 0 Å². The fourth-order valence-corrected chi connectivity index (χ4v) is 2.78. The van der Waals surface area contributed by atoms with Gasteiger partial charge < -0.3 is 10.5 Å². The second-order valence-electron chi connectivity index (χ2n) is 5.92. The predicted octanol–water partition coefficient (Wildman–Crippen LogP) is 2.37. The lowest BCUT2D eigenvalue weighted by Crippen LogP contribution is -2.17. The van der Waals surface area contributed by atoms with Crippen molar-refractivity contribution in [2.45, 2.75) is 39.7 Å². The summed E-state index contributed by atoms with van der Waals surface area (Å²) in [6, 6.07) is 5.75. The molecule has 5 nitrogen and oxygen atoms in total. The number of nitrogen functional groups attached to an aromatic ring is 1. The van der Waals surface area contributed by atoms with Gasteiger partial charge in [0.2, 0.25) is 0 Å². The van der Waals surface area contributed by atoms with Gasteiger partial charge >= 0.3 is 0 Å². The molecule has 2 N–H and O–H groups in total. The Bertz CT molecular complexity index is 635. The molecule has 0 saturated heterocycles. The molecule has 0 bridgehead atoms. The van der Waals surface area contributed by atoms with Crippen LogP contribution in [0.3, 0.4) is 0 Å². The molecule has 0 radical (unpaired) electrons. The summed E-state index contributed by atoms with van der Waals surface area (Å²) in [5.41, 5.74) is 10.1. The highest BCUT2D eigenvalue weighted by Crippen LogP contribution is 2.23. The van der Waals surface area contributed by atoms with E-state index >= 15 is 0 Å². The van der Waals surface area contributed by atoms with Crippen LogP contribution in [0, 0.1) is 12.8 Å². The lowest BCUT2D eigenvalue weighted by molar-refractivity contribution is 0.286. The number of aromatic nitrogens is 3. The number of nitrogens with zero attached hydrogens (tertiary/aromatic N) is 3. The van der Waals surface area contributed by atoms with Crippen LogP contribution < -0.4 is 10.5 Å². The number of benzene rings is 1. The molecule has 0 saturated carbocycles. The zero-order valence-corrected chi connectivity index (χ0v) is 12.7. The maximum Gasteiger partial charge on any atom is 0.119 e. The smallest absolute Gasteiger partial charge is 0.119 e. The second-order valence-corrected chi connectivity index (χ2v) is 5.92. The number of nitrogens with two attached hydrogens (primary N) is 1. The van der Waals surface area contributed by atoms with Gasteiger partial charge in [-0.2, -0.15) is 0 Å². The molecular weight excluding hydrogens is 264 g/mol. The zero-order valence-electron chi connectivity index (χ0n) is 12.7. The van der Waals surface area contributed by atoms with Crippen LogP contribution in [0.1, 0.15) is 30.3 Å². The number of hydrogen-bond donors (Lipinski definition) is 1. The summed E-state index contributed by atoms with van der Waals surface area (Å²) < 4.78 is 7.77. The van der Waals surface area contributed by atoms with E-state index in [0.717, 1.165) is 48.0 Å². The molecule has 2 aromatic rings. The summed E-state index contributed by atoms with van der Waals surface area (Å²) in [5.74, 6) is 1.57. The van der Waals surface area contributed by atoms with Crippen molar-refractivity contribution in [3.8, 4) is 5.75 Å². The molecule has 1 aromatic heterocycles. The average Bonchev–Trinajstić information content (AvgIpc) is 2.85. The topological polar surface area (TPSA) is 66.0 Å². The molecule has 0 amide bonds. The third-order valence-electron chi connectivity index (χ3n) is 4.15. The van der Waals surface area contributed by atoms with Gasteiger partial charge in [0.05, 0.1) is 17.9 Å². The Balaban J connectivity index is 1.60. The quantitative estimate of drug-likeness (QED) is 0.876. The number of aryl methyl sites for hydroxylation is 1. The van der Waals surface area contributed by atoms with Gasteiger partial charge in [0.15, 0.2) is 0 Å². The molecule has 0 spiro atoms.